The summed E-state index contributed by atoms with van der Waals surface area (Å²) in [7, 11) is 0.0469. The summed E-state index contributed by atoms with van der Waals surface area (Å²) < 4.78 is 0. The van der Waals surface area contributed by atoms with Gasteiger partial charge in [-0.2, -0.15) is 0 Å². The number of carbonyl (C=O) groups is 1. The summed E-state index contributed by atoms with van der Waals surface area (Å²) in [5.74, 6) is 1.32. The van der Waals surface area contributed by atoms with Crippen LogP contribution in [0.3, 0.4) is 0 Å². The van der Waals surface area contributed by atoms with Crippen molar-refractivity contribution in [3.63, 3.8) is 0 Å². The first kappa shape index (κ1) is 12.8. The van der Waals surface area contributed by atoms with E-state index in [1.807, 2.05) is 13.8 Å². The van der Waals surface area contributed by atoms with E-state index in [0.717, 1.165) is 5.75 Å². The van der Waals surface area contributed by atoms with Crippen LogP contribution in [0.2, 0.25) is 0 Å². The molecule has 2 nitrogen and oxygen atoms in total. The number of rotatable bonds is 4. The van der Waals surface area contributed by atoms with Gasteiger partial charge in [0, 0.05) is 11.5 Å². The smallest absolute Gasteiger partial charge is 0.222 e. The van der Waals surface area contributed by atoms with E-state index >= 15 is 0 Å². The number of hydrogen-bond acceptors (Lipinski definition) is 1. The van der Waals surface area contributed by atoms with Crippen molar-refractivity contribution >= 4 is 16.8 Å². The average molecular weight is 205 g/mol. The highest BCUT2D eigenvalue weighted by Crippen LogP contribution is 2.21. The highest BCUT2D eigenvalue weighted by Gasteiger charge is 2.21. The Morgan fingerprint density at radius 2 is 1.85 bits per heavy atom. The number of thiol groups is 1. The second-order valence-electron chi connectivity index (χ2n) is 4.77. The van der Waals surface area contributed by atoms with Gasteiger partial charge in [-0.15, -0.1) is 0 Å². The topological polar surface area (TPSA) is 29.1 Å². The summed E-state index contributed by atoms with van der Waals surface area (Å²) >= 11 is 0. The van der Waals surface area contributed by atoms with Crippen molar-refractivity contribution in [2.24, 2.45) is 5.92 Å². The molecule has 0 rings (SSSR count). The maximum atomic E-state index is 11.4. The predicted molar refractivity (Wildman–Crippen MR) is 62.8 cm³/mol. The van der Waals surface area contributed by atoms with Crippen LogP contribution in [-0.2, 0) is 4.79 Å². The first-order valence-corrected chi connectivity index (χ1v) is 7.13. The Morgan fingerprint density at radius 1 is 1.38 bits per heavy atom. The van der Waals surface area contributed by atoms with Gasteiger partial charge >= 0.3 is 0 Å². The van der Waals surface area contributed by atoms with E-state index in [1.54, 1.807) is 0 Å². The average Bonchev–Trinajstić information content (AvgIpc) is 1.81. The van der Waals surface area contributed by atoms with Crippen molar-refractivity contribution in [3.05, 3.63) is 0 Å². The first-order valence-electron chi connectivity index (χ1n) is 4.71. The molecule has 0 aromatic rings. The summed E-state index contributed by atoms with van der Waals surface area (Å²) in [6, 6.07) is 0. The summed E-state index contributed by atoms with van der Waals surface area (Å²) in [5, 5.41) is 3.06. The number of hydrogen-bond donors (Lipinski definition) is 2. The third-order valence-corrected chi connectivity index (χ3v) is 3.12. The van der Waals surface area contributed by atoms with Crippen LogP contribution in [0.1, 0.15) is 27.7 Å². The number of amides is 1. The molecule has 1 amide bonds. The molecule has 0 aromatic carbocycles. The molecular weight excluding hydrogens is 182 g/mol. The lowest BCUT2D eigenvalue weighted by Gasteiger charge is -2.30. The van der Waals surface area contributed by atoms with Gasteiger partial charge in [-0.3, -0.25) is 15.7 Å². The van der Waals surface area contributed by atoms with Crippen LogP contribution in [0.25, 0.3) is 0 Å². The molecule has 0 atom stereocenters. The highest BCUT2D eigenvalue weighted by molar-refractivity contribution is 8.15. The fourth-order valence-electron chi connectivity index (χ4n) is 1.31. The van der Waals surface area contributed by atoms with Crippen LogP contribution in [0.5, 0.6) is 0 Å². The number of carbonyl (C=O) groups excluding carboxylic acids is 1. The van der Waals surface area contributed by atoms with Gasteiger partial charge in [0.25, 0.3) is 0 Å². The zero-order chi connectivity index (χ0) is 10.6. The van der Waals surface area contributed by atoms with Crippen molar-refractivity contribution in [1.29, 1.82) is 0 Å². The van der Waals surface area contributed by atoms with Gasteiger partial charge in [0.05, 0.1) is 0 Å². The van der Waals surface area contributed by atoms with E-state index in [1.165, 1.54) is 0 Å². The fourth-order valence-corrected chi connectivity index (χ4v) is 2.97. The molecule has 13 heavy (non-hydrogen) atoms. The summed E-state index contributed by atoms with van der Waals surface area (Å²) in [4.78, 5) is 11.4. The highest BCUT2D eigenvalue weighted by atomic mass is 32.2. The molecule has 0 aliphatic heterocycles. The van der Waals surface area contributed by atoms with E-state index < -0.39 is 0 Å². The maximum absolute atomic E-state index is 11.4. The van der Waals surface area contributed by atoms with E-state index in [2.05, 4.69) is 31.7 Å². The van der Waals surface area contributed by atoms with Gasteiger partial charge in [0.1, 0.15) is 0 Å². The fraction of sp³-hybridized carbons (Fsp3) is 0.900. The van der Waals surface area contributed by atoms with Gasteiger partial charge in [-0.1, -0.05) is 13.8 Å². The molecule has 0 saturated heterocycles. The van der Waals surface area contributed by atoms with Crippen LogP contribution in [0.15, 0.2) is 0 Å². The van der Waals surface area contributed by atoms with Crippen molar-refractivity contribution in [1.82, 2.24) is 5.32 Å². The van der Waals surface area contributed by atoms with Crippen molar-refractivity contribution in [2.45, 2.75) is 33.2 Å². The molecule has 80 valence electrons. The van der Waals surface area contributed by atoms with Crippen LogP contribution in [0, 0.1) is 5.92 Å². The monoisotopic (exact) mass is 205 g/mol. The Balaban J connectivity index is 4.09. The third-order valence-electron chi connectivity index (χ3n) is 1.70. The molecule has 0 unspecified atom stereocenters. The minimum absolute atomic E-state index is 0.0451. The molecule has 1 N–H and O–H groups in total. The zero-order valence-corrected chi connectivity index (χ0v) is 10.5. The second-order valence-corrected chi connectivity index (χ2v) is 7.24. The molecule has 0 saturated carbocycles. The SMILES string of the molecule is CC(C)C(=O)NC(C)(C)C[SH](C)C. The summed E-state index contributed by atoms with van der Waals surface area (Å²) in [5.41, 5.74) is -0.0451. The Morgan fingerprint density at radius 3 is 2.15 bits per heavy atom. The lowest BCUT2D eigenvalue weighted by molar-refractivity contribution is -0.125. The number of nitrogens with one attached hydrogen (secondary N) is 1. The summed E-state index contributed by atoms with van der Waals surface area (Å²) in [6.45, 7) is 8.03. The standard InChI is InChI=1S/C10H23NOS/c1-8(2)9(12)11-10(3,4)7-13(5)6/h8,13H,7H2,1-6H3,(H,11,12). The molecular formula is C10H23NOS. The lowest BCUT2D eigenvalue weighted by Crippen LogP contribution is -2.47. The van der Waals surface area contributed by atoms with Crippen LogP contribution >= 0.6 is 10.9 Å². The van der Waals surface area contributed by atoms with E-state index in [0.29, 0.717) is 0 Å². The van der Waals surface area contributed by atoms with Gasteiger partial charge in [0.15, 0.2) is 0 Å². The molecule has 0 bridgehead atoms. The van der Waals surface area contributed by atoms with Crippen molar-refractivity contribution < 1.29 is 4.79 Å². The second kappa shape index (κ2) is 4.89. The molecule has 3 heteroatoms. The minimum Gasteiger partial charge on any atom is -0.350 e. The van der Waals surface area contributed by atoms with Gasteiger partial charge in [0.2, 0.25) is 5.91 Å². The van der Waals surface area contributed by atoms with Crippen molar-refractivity contribution in [3.8, 4) is 0 Å². The van der Waals surface area contributed by atoms with E-state index in [-0.39, 0.29) is 28.3 Å². The molecule has 0 aliphatic rings. The molecule has 0 aliphatic carbocycles. The van der Waals surface area contributed by atoms with Crippen LogP contribution < -0.4 is 5.32 Å². The van der Waals surface area contributed by atoms with Gasteiger partial charge in [-0.25, -0.2) is 0 Å². The molecule has 0 heterocycles. The largest absolute Gasteiger partial charge is 0.350 e. The molecule has 0 spiro atoms. The molecule has 0 radical (unpaired) electrons. The van der Waals surface area contributed by atoms with Crippen LogP contribution in [0.4, 0.5) is 0 Å². The summed E-state index contributed by atoms with van der Waals surface area (Å²) in [6.07, 6.45) is 4.47. The lowest BCUT2D eigenvalue weighted by atomic mass is 10.1. The molecule has 0 fully saturated rings. The Hall–Kier alpha value is -0.180. The Labute approximate surface area is 84.8 Å². The first-order chi connectivity index (χ1) is 5.74. The van der Waals surface area contributed by atoms with Crippen molar-refractivity contribution in [2.75, 3.05) is 18.3 Å². The Kier molecular flexibility index (Phi) is 4.82. The quantitative estimate of drug-likeness (QED) is 0.673. The van der Waals surface area contributed by atoms with E-state index in [9.17, 15) is 4.79 Å². The predicted octanol–water partition coefficient (Wildman–Crippen LogP) is 1.80. The normalized spacial score (nSPS) is 13.0. The van der Waals surface area contributed by atoms with Crippen LogP contribution in [-0.4, -0.2) is 29.7 Å². The molecule has 0 aromatic heterocycles. The van der Waals surface area contributed by atoms with Gasteiger partial charge < -0.3 is 5.32 Å². The van der Waals surface area contributed by atoms with Gasteiger partial charge in [-0.05, 0) is 32.1 Å². The van der Waals surface area contributed by atoms with E-state index in [4.69, 9.17) is 0 Å². The maximum Gasteiger partial charge on any atom is 0.222 e. The Bertz CT molecular complexity index is 176. The third kappa shape index (κ3) is 5.97. The zero-order valence-electron chi connectivity index (χ0n) is 9.64. The minimum atomic E-state index is -0.0451.